The molecule has 4 rings (SSSR count). The van der Waals surface area contributed by atoms with Gasteiger partial charge in [-0.05, 0) is 37.0 Å². The van der Waals surface area contributed by atoms with E-state index in [1.54, 1.807) is 10.6 Å². The summed E-state index contributed by atoms with van der Waals surface area (Å²) in [5.41, 5.74) is 1.57. The average molecular weight is 466 g/mol. The SMILES string of the molecule is O=C(CSc1nc2ccccc2c(=O)n1Cc1ccccc1)NCCCOC1CCCCC1. The van der Waals surface area contributed by atoms with E-state index >= 15 is 0 Å². The molecule has 7 heteroatoms. The third-order valence-electron chi connectivity index (χ3n) is 5.89. The van der Waals surface area contributed by atoms with E-state index in [4.69, 9.17) is 9.72 Å². The average Bonchev–Trinajstić information content (AvgIpc) is 2.86. The van der Waals surface area contributed by atoms with E-state index in [0.717, 1.165) is 24.8 Å². The summed E-state index contributed by atoms with van der Waals surface area (Å²) in [6.07, 6.45) is 7.36. The van der Waals surface area contributed by atoms with Gasteiger partial charge in [-0.2, -0.15) is 0 Å². The number of hydrogen-bond donors (Lipinski definition) is 1. The van der Waals surface area contributed by atoms with E-state index in [9.17, 15) is 9.59 Å². The Morgan fingerprint density at radius 1 is 1.06 bits per heavy atom. The maximum absolute atomic E-state index is 13.2. The summed E-state index contributed by atoms with van der Waals surface area (Å²) in [5, 5.41) is 4.09. The van der Waals surface area contributed by atoms with Crippen LogP contribution in [0.15, 0.2) is 64.5 Å². The number of nitrogens with one attached hydrogen (secondary N) is 1. The zero-order valence-corrected chi connectivity index (χ0v) is 19.7. The highest BCUT2D eigenvalue weighted by atomic mass is 32.2. The number of para-hydroxylation sites is 1. The zero-order valence-electron chi connectivity index (χ0n) is 18.9. The molecule has 174 valence electrons. The van der Waals surface area contributed by atoms with Crippen molar-refractivity contribution in [2.45, 2.75) is 56.3 Å². The highest BCUT2D eigenvalue weighted by Crippen LogP contribution is 2.20. The number of ether oxygens (including phenoxy) is 1. The fraction of sp³-hybridized carbons (Fsp3) is 0.423. The van der Waals surface area contributed by atoms with Gasteiger partial charge in [-0.25, -0.2) is 4.98 Å². The van der Waals surface area contributed by atoms with Crippen LogP contribution in [0.3, 0.4) is 0 Å². The van der Waals surface area contributed by atoms with Crippen LogP contribution < -0.4 is 10.9 Å². The van der Waals surface area contributed by atoms with Crippen molar-refractivity contribution in [2.24, 2.45) is 0 Å². The summed E-state index contributed by atoms with van der Waals surface area (Å²) in [5.74, 6) is 0.148. The molecule has 1 aliphatic rings. The molecule has 0 spiro atoms. The molecule has 0 bridgehead atoms. The molecule has 1 heterocycles. The van der Waals surface area contributed by atoms with Crippen LogP contribution in [0.5, 0.6) is 0 Å². The van der Waals surface area contributed by atoms with Gasteiger partial charge in [0.25, 0.3) is 5.56 Å². The third kappa shape index (κ3) is 6.68. The first-order chi connectivity index (χ1) is 16.2. The molecule has 0 unspecified atom stereocenters. The molecule has 1 fully saturated rings. The number of thioether (sulfide) groups is 1. The number of fused-ring (bicyclic) bond motifs is 1. The number of aromatic nitrogens is 2. The van der Waals surface area contributed by atoms with E-state index in [2.05, 4.69) is 5.32 Å². The highest BCUT2D eigenvalue weighted by Gasteiger charge is 2.15. The van der Waals surface area contributed by atoms with E-state index in [-0.39, 0.29) is 17.2 Å². The number of nitrogens with zero attached hydrogens (tertiary/aromatic N) is 2. The van der Waals surface area contributed by atoms with Crippen molar-refractivity contribution >= 4 is 28.6 Å². The van der Waals surface area contributed by atoms with E-state index in [1.807, 2.05) is 48.5 Å². The quantitative estimate of drug-likeness (QED) is 0.273. The Morgan fingerprint density at radius 2 is 1.82 bits per heavy atom. The van der Waals surface area contributed by atoms with Crippen LogP contribution >= 0.6 is 11.8 Å². The number of amides is 1. The first-order valence-electron chi connectivity index (χ1n) is 11.8. The molecule has 1 amide bonds. The number of hydrogen-bond acceptors (Lipinski definition) is 5. The van der Waals surface area contributed by atoms with Gasteiger partial charge in [-0.1, -0.05) is 73.5 Å². The van der Waals surface area contributed by atoms with Crippen LogP contribution in [0.2, 0.25) is 0 Å². The third-order valence-corrected chi connectivity index (χ3v) is 6.87. The molecule has 0 aliphatic heterocycles. The van der Waals surface area contributed by atoms with Crippen LogP contribution in [0.4, 0.5) is 0 Å². The summed E-state index contributed by atoms with van der Waals surface area (Å²) >= 11 is 1.30. The van der Waals surface area contributed by atoms with E-state index < -0.39 is 0 Å². The summed E-state index contributed by atoms with van der Waals surface area (Å²) < 4.78 is 7.58. The molecule has 0 saturated heterocycles. The molecule has 33 heavy (non-hydrogen) atoms. The molecular formula is C26H31N3O3S. The molecule has 6 nitrogen and oxygen atoms in total. The minimum Gasteiger partial charge on any atom is -0.378 e. The van der Waals surface area contributed by atoms with Gasteiger partial charge in [-0.3, -0.25) is 14.2 Å². The van der Waals surface area contributed by atoms with Gasteiger partial charge in [0.2, 0.25) is 5.91 Å². The van der Waals surface area contributed by atoms with Gasteiger partial charge < -0.3 is 10.1 Å². The lowest BCUT2D eigenvalue weighted by Gasteiger charge is -2.21. The van der Waals surface area contributed by atoms with Crippen molar-refractivity contribution in [3.8, 4) is 0 Å². The molecule has 1 saturated carbocycles. The molecule has 1 aliphatic carbocycles. The monoisotopic (exact) mass is 465 g/mol. The largest absolute Gasteiger partial charge is 0.378 e. The minimum absolute atomic E-state index is 0.0636. The lowest BCUT2D eigenvalue weighted by molar-refractivity contribution is -0.118. The Hall–Kier alpha value is -2.64. The van der Waals surface area contributed by atoms with Crippen molar-refractivity contribution in [1.82, 2.24) is 14.9 Å². The van der Waals surface area contributed by atoms with Gasteiger partial charge in [0.15, 0.2) is 5.16 Å². The zero-order chi connectivity index (χ0) is 22.9. The first kappa shape index (κ1) is 23.5. The van der Waals surface area contributed by atoms with Crippen LogP contribution in [-0.4, -0.2) is 40.5 Å². The fourth-order valence-corrected chi connectivity index (χ4v) is 4.95. The maximum atomic E-state index is 13.2. The predicted molar refractivity (Wildman–Crippen MR) is 133 cm³/mol. The van der Waals surface area contributed by atoms with Gasteiger partial charge in [0, 0.05) is 13.2 Å². The topological polar surface area (TPSA) is 73.2 Å². The number of carbonyl (C=O) groups excluding carboxylic acids is 1. The smallest absolute Gasteiger partial charge is 0.262 e. The Bertz CT molecular complexity index is 1110. The van der Waals surface area contributed by atoms with Crippen molar-refractivity contribution < 1.29 is 9.53 Å². The second kappa shape index (κ2) is 12.0. The highest BCUT2D eigenvalue weighted by molar-refractivity contribution is 7.99. The molecule has 3 aromatic rings. The van der Waals surface area contributed by atoms with Crippen molar-refractivity contribution in [2.75, 3.05) is 18.9 Å². The van der Waals surface area contributed by atoms with Crippen LogP contribution in [-0.2, 0) is 16.1 Å². The van der Waals surface area contributed by atoms with Gasteiger partial charge >= 0.3 is 0 Å². The maximum Gasteiger partial charge on any atom is 0.262 e. The fourth-order valence-electron chi connectivity index (χ4n) is 4.13. The Balaban J connectivity index is 1.34. The lowest BCUT2D eigenvalue weighted by Crippen LogP contribution is -2.29. The van der Waals surface area contributed by atoms with Crippen molar-refractivity contribution in [1.29, 1.82) is 0 Å². The standard InChI is InChI=1S/C26H31N3O3S/c30-24(27-16-9-17-32-21-12-5-2-6-13-21)19-33-26-28-23-15-8-7-14-22(23)25(31)29(26)18-20-10-3-1-4-11-20/h1,3-4,7-8,10-11,14-15,21H,2,5-6,9,12-13,16-19H2,(H,27,30). The van der Waals surface area contributed by atoms with E-state index in [0.29, 0.717) is 41.9 Å². The molecule has 2 aromatic carbocycles. The number of benzene rings is 2. The first-order valence-corrected chi connectivity index (χ1v) is 12.7. The summed E-state index contributed by atoms with van der Waals surface area (Å²) in [6, 6.07) is 17.2. The van der Waals surface area contributed by atoms with Gasteiger partial charge in [-0.15, -0.1) is 0 Å². The molecule has 0 radical (unpaired) electrons. The molecule has 1 aromatic heterocycles. The van der Waals surface area contributed by atoms with Crippen molar-refractivity contribution in [3.63, 3.8) is 0 Å². The lowest BCUT2D eigenvalue weighted by atomic mass is 9.98. The Kier molecular flexibility index (Phi) is 8.55. The summed E-state index contributed by atoms with van der Waals surface area (Å²) in [7, 11) is 0. The molecule has 1 N–H and O–H groups in total. The Morgan fingerprint density at radius 3 is 2.64 bits per heavy atom. The molecule has 0 atom stereocenters. The van der Waals surface area contributed by atoms with Crippen molar-refractivity contribution in [3.05, 3.63) is 70.5 Å². The van der Waals surface area contributed by atoms with Gasteiger partial charge in [0.05, 0.1) is 29.3 Å². The second-order valence-corrected chi connectivity index (χ2v) is 9.35. The predicted octanol–water partition coefficient (Wildman–Crippen LogP) is 4.39. The van der Waals surface area contributed by atoms with E-state index in [1.165, 1.54) is 31.0 Å². The summed E-state index contributed by atoms with van der Waals surface area (Å²) in [4.78, 5) is 30.3. The normalized spacial score (nSPS) is 14.4. The second-order valence-electron chi connectivity index (χ2n) is 8.41. The number of rotatable bonds is 10. The Labute approximate surface area is 198 Å². The van der Waals surface area contributed by atoms with Gasteiger partial charge in [0.1, 0.15) is 0 Å². The number of carbonyl (C=O) groups is 1. The van der Waals surface area contributed by atoms with Crippen LogP contribution in [0.25, 0.3) is 10.9 Å². The molecular weight excluding hydrogens is 434 g/mol. The van der Waals surface area contributed by atoms with Crippen LogP contribution in [0.1, 0.15) is 44.1 Å². The van der Waals surface area contributed by atoms with Crippen LogP contribution in [0, 0.1) is 0 Å². The minimum atomic E-state index is -0.0905. The summed E-state index contributed by atoms with van der Waals surface area (Å²) in [6.45, 7) is 1.69.